The van der Waals surface area contributed by atoms with Crippen LogP contribution in [0, 0.1) is 18.3 Å². The first-order valence-electron chi connectivity index (χ1n) is 7.82. The summed E-state index contributed by atoms with van der Waals surface area (Å²) in [5.41, 5.74) is 2.95. The van der Waals surface area contributed by atoms with E-state index in [0.29, 0.717) is 23.0 Å². The highest BCUT2D eigenvalue weighted by atomic mass is 15.3. The molecule has 3 N–H and O–H groups in total. The number of rotatable bonds is 4. The van der Waals surface area contributed by atoms with E-state index in [4.69, 9.17) is 0 Å². The second kappa shape index (κ2) is 4.96. The Hall–Kier alpha value is -3.08. The molecule has 3 aromatic rings. The summed E-state index contributed by atoms with van der Waals surface area (Å²) in [5.74, 6) is 1.15. The number of aromatic amines is 1. The monoisotopic (exact) mass is 322 g/mol. The van der Waals surface area contributed by atoms with Crippen LogP contribution >= 0.6 is 0 Å². The average Bonchev–Trinajstić information content (AvgIpc) is 2.97. The molecule has 1 fully saturated rings. The van der Waals surface area contributed by atoms with Crippen molar-refractivity contribution in [3.63, 3.8) is 0 Å². The third-order valence-electron chi connectivity index (χ3n) is 4.33. The molecule has 1 saturated carbocycles. The number of aryl methyl sites for hydroxylation is 2. The molecule has 122 valence electrons. The Morgan fingerprint density at radius 1 is 1.38 bits per heavy atom. The summed E-state index contributed by atoms with van der Waals surface area (Å²) in [5, 5.41) is 21.0. The Kier molecular flexibility index (Phi) is 3.00. The number of anilines is 3. The van der Waals surface area contributed by atoms with Crippen LogP contribution in [0.15, 0.2) is 12.4 Å². The second-order valence-corrected chi connectivity index (χ2v) is 6.55. The van der Waals surface area contributed by atoms with Crippen molar-refractivity contribution >= 4 is 28.5 Å². The van der Waals surface area contributed by atoms with Crippen LogP contribution in [0.4, 0.5) is 17.5 Å². The topological polar surface area (TPSA) is 107 Å². The molecule has 0 aliphatic heterocycles. The van der Waals surface area contributed by atoms with Gasteiger partial charge in [-0.25, -0.2) is 0 Å². The molecule has 8 nitrogen and oxygen atoms in total. The molecular weight excluding hydrogens is 304 g/mol. The molecule has 1 aliphatic carbocycles. The van der Waals surface area contributed by atoms with Crippen molar-refractivity contribution in [2.24, 2.45) is 7.05 Å². The molecule has 3 aromatic heterocycles. The number of hydrogen-bond donors (Lipinski definition) is 3. The molecule has 0 spiro atoms. The van der Waals surface area contributed by atoms with Gasteiger partial charge in [-0.2, -0.15) is 20.3 Å². The van der Waals surface area contributed by atoms with Gasteiger partial charge in [-0.1, -0.05) is 0 Å². The zero-order chi connectivity index (χ0) is 16.9. The van der Waals surface area contributed by atoms with Gasteiger partial charge in [0.15, 0.2) is 0 Å². The SMILES string of the molecule is Cc1nn(C)cc1Nc1nc(NC2(C)CC2)c2c(C#N)c[nH]c2n1. The summed E-state index contributed by atoms with van der Waals surface area (Å²) >= 11 is 0. The summed E-state index contributed by atoms with van der Waals surface area (Å²) < 4.78 is 1.74. The number of nitrogens with one attached hydrogen (secondary N) is 3. The molecule has 1 aliphatic rings. The summed E-state index contributed by atoms with van der Waals surface area (Å²) in [6, 6.07) is 2.19. The first kappa shape index (κ1) is 14.5. The Bertz CT molecular complexity index is 970. The molecule has 24 heavy (non-hydrogen) atoms. The quantitative estimate of drug-likeness (QED) is 0.681. The molecule has 8 heteroatoms. The number of H-pyrrole nitrogens is 1. The summed E-state index contributed by atoms with van der Waals surface area (Å²) in [4.78, 5) is 12.2. The van der Waals surface area contributed by atoms with E-state index in [2.05, 4.69) is 43.7 Å². The van der Waals surface area contributed by atoms with Crippen LogP contribution < -0.4 is 10.6 Å². The van der Waals surface area contributed by atoms with E-state index in [9.17, 15) is 5.26 Å². The third kappa shape index (κ3) is 2.44. The van der Waals surface area contributed by atoms with Crippen molar-refractivity contribution in [2.75, 3.05) is 10.6 Å². The average molecular weight is 322 g/mol. The van der Waals surface area contributed by atoms with Crippen molar-refractivity contribution in [3.05, 3.63) is 23.7 Å². The molecule has 0 bridgehead atoms. The van der Waals surface area contributed by atoms with E-state index < -0.39 is 0 Å². The van der Waals surface area contributed by atoms with E-state index >= 15 is 0 Å². The van der Waals surface area contributed by atoms with Gasteiger partial charge < -0.3 is 15.6 Å². The fraction of sp³-hybridized carbons (Fsp3) is 0.375. The molecule has 4 rings (SSSR count). The molecule has 0 atom stereocenters. The lowest BCUT2D eigenvalue weighted by Gasteiger charge is -2.14. The van der Waals surface area contributed by atoms with Gasteiger partial charge in [0.25, 0.3) is 0 Å². The molecular formula is C16H18N8. The van der Waals surface area contributed by atoms with E-state index in [1.165, 1.54) is 0 Å². The van der Waals surface area contributed by atoms with Gasteiger partial charge in [0, 0.05) is 25.0 Å². The minimum absolute atomic E-state index is 0.0484. The van der Waals surface area contributed by atoms with Gasteiger partial charge in [-0.15, -0.1) is 0 Å². The van der Waals surface area contributed by atoms with E-state index in [1.807, 2.05) is 20.2 Å². The highest BCUT2D eigenvalue weighted by Gasteiger charge is 2.38. The maximum atomic E-state index is 9.33. The van der Waals surface area contributed by atoms with E-state index in [-0.39, 0.29) is 5.54 Å². The zero-order valence-corrected chi connectivity index (χ0v) is 13.8. The fourth-order valence-electron chi connectivity index (χ4n) is 2.71. The minimum Gasteiger partial charge on any atom is -0.364 e. The van der Waals surface area contributed by atoms with Crippen molar-refractivity contribution in [1.82, 2.24) is 24.7 Å². The summed E-state index contributed by atoms with van der Waals surface area (Å²) in [7, 11) is 1.87. The van der Waals surface area contributed by atoms with Gasteiger partial charge in [-0.3, -0.25) is 4.68 Å². The highest BCUT2D eigenvalue weighted by molar-refractivity contribution is 5.94. The van der Waals surface area contributed by atoms with Gasteiger partial charge >= 0.3 is 0 Å². The third-order valence-corrected chi connectivity index (χ3v) is 4.33. The Morgan fingerprint density at radius 2 is 2.17 bits per heavy atom. The smallest absolute Gasteiger partial charge is 0.231 e. The number of aromatic nitrogens is 5. The van der Waals surface area contributed by atoms with Crippen LogP contribution in [0.5, 0.6) is 0 Å². The van der Waals surface area contributed by atoms with E-state index in [1.54, 1.807) is 10.9 Å². The van der Waals surface area contributed by atoms with Gasteiger partial charge in [0.1, 0.15) is 17.5 Å². The van der Waals surface area contributed by atoms with Gasteiger partial charge in [0.05, 0.1) is 22.3 Å². The highest BCUT2D eigenvalue weighted by Crippen LogP contribution is 2.40. The van der Waals surface area contributed by atoms with E-state index in [0.717, 1.165) is 29.6 Å². The lowest BCUT2D eigenvalue weighted by molar-refractivity contribution is 0.756. The molecule has 0 unspecified atom stereocenters. The Morgan fingerprint density at radius 3 is 2.79 bits per heavy atom. The van der Waals surface area contributed by atoms with Crippen molar-refractivity contribution < 1.29 is 0 Å². The maximum absolute atomic E-state index is 9.33. The number of nitriles is 1. The van der Waals surface area contributed by atoms with Crippen LogP contribution in [0.3, 0.4) is 0 Å². The van der Waals surface area contributed by atoms with Crippen LogP contribution in [-0.2, 0) is 7.05 Å². The first-order chi connectivity index (χ1) is 11.5. The molecule has 0 aromatic carbocycles. The van der Waals surface area contributed by atoms with Crippen molar-refractivity contribution in [1.29, 1.82) is 5.26 Å². The largest absolute Gasteiger partial charge is 0.364 e. The van der Waals surface area contributed by atoms with Crippen LogP contribution in [0.25, 0.3) is 11.0 Å². The standard InChI is InChI=1S/C16H18N8/c1-9-11(8-24(3)23-9)19-15-20-13-12(10(6-17)7-18-13)14(21-15)22-16(2)4-5-16/h7-8H,4-5H2,1-3H3,(H3,18,19,20,21,22). The zero-order valence-electron chi connectivity index (χ0n) is 13.8. The maximum Gasteiger partial charge on any atom is 0.231 e. The lowest BCUT2D eigenvalue weighted by Crippen LogP contribution is -2.18. The normalized spacial score (nSPS) is 15.2. The number of nitrogens with zero attached hydrogens (tertiary/aromatic N) is 5. The van der Waals surface area contributed by atoms with Crippen LogP contribution in [-0.4, -0.2) is 30.3 Å². The predicted molar refractivity (Wildman–Crippen MR) is 91.1 cm³/mol. The fourth-order valence-corrected chi connectivity index (χ4v) is 2.71. The Labute approximate surface area is 138 Å². The lowest BCUT2D eigenvalue weighted by atomic mass is 10.2. The minimum atomic E-state index is 0.0484. The number of fused-ring (bicyclic) bond motifs is 1. The summed E-state index contributed by atoms with van der Waals surface area (Å²) in [6.45, 7) is 4.08. The van der Waals surface area contributed by atoms with Crippen molar-refractivity contribution in [3.8, 4) is 6.07 Å². The van der Waals surface area contributed by atoms with Gasteiger partial charge in [0.2, 0.25) is 5.95 Å². The summed E-state index contributed by atoms with van der Waals surface area (Å²) in [6.07, 6.45) is 5.73. The molecule has 0 amide bonds. The first-order valence-corrected chi connectivity index (χ1v) is 7.82. The molecule has 0 saturated heterocycles. The van der Waals surface area contributed by atoms with Crippen LogP contribution in [0.2, 0.25) is 0 Å². The molecule has 0 radical (unpaired) electrons. The second-order valence-electron chi connectivity index (χ2n) is 6.55. The predicted octanol–water partition coefficient (Wildman–Crippen LogP) is 2.58. The van der Waals surface area contributed by atoms with Crippen LogP contribution in [0.1, 0.15) is 31.0 Å². The van der Waals surface area contributed by atoms with Gasteiger partial charge in [-0.05, 0) is 26.7 Å². The molecule has 3 heterocycles. The van der Waals surface area contributed by atoms with Crippen molar-refractivity contribution in [2.45, 2.75) is 32.2 Å². The number of hydrogen-bond acceptors (Lipinski definition) is 6. The Balaban J connectivity index is 1.79.